The monoisotopic (exact) mass is 397 g/mol. The molecule has 0 saturated heterocycles. The number of benzene rings is 2. The van der Waals surface area contributed by atoms with Crippen molar-refractivity contribution in [1.82, 2.24) is 10.3 Å². The molecule has 28 heavy (non-hydrogen) atoms. The maximum absolute atomic E-state index is 13.2. The van der Waals surface area contributed by atoms with Crippen LogP contribution in [0.2, 0.25) is 5.02 Å². The summed E-state index contributed by atoms with van der Waals surface area (Å²) in [7, 11) is 0. The zero-order chi connectivity index (χ0) is 20.1. The molecule has 1 heterocycles. The number of nitrogens with one attached hydrogen (secondary N) is 2. The number of hydrogen-bond acceptors (Lipinski definition) is 3. The molecule has 2 aromatic carbocycles. The minimum Gasteiger partial charge on any atom is -0.347 e. The molecule has 2 amide bonds. The first-order valence-corrected chi connectivity index (χ1v) is 8.88. The van der Waals surface area contributed by atoms with E-state index in [1.807, 2.05) is 31.2 Å². The number of aromatic nitrogens is 1. The highest BCUT2D eigenvalue weighted by atomic mass is 35.5. The Kier molecular flexibility index (Phi) is 6.01. The molecule has 0 aliphatic heterocycles. The lowest BCUT2D eigenvalue weighted by Crippen LogP contribution is -2.25. The van der Waals surface area contributed by atoms with Gasteiger partial charge in [-0.2, -0.15) is 0 Å². The molecule has 0 radical (unpaired) electrons. The predicted molar refractivity (Wildman–Crippen MR) is 106 cm³/mol. The number of aryl methyl sites for hydroxylation is 1. The van der Waals surface area contributed by atoms with Crippen LogP contribution in [0.3, 0.4) is 0 Å². The number of nitrogens with zero attached hydrogens (tertiary/aromatic N) is 1. The van der Waals surface area contributed by atoms with Crippen molar-refractivity contribution in [1.29, 1.82) is 0 Å². The van der Waals surface area contributed by atoms with Crippen LogP contribution in [0.1, 0.15) is 32.1 Å². The summed E-state index contributed by atoms with van der Waals surface area (Å²) in [5.41, 5.74) is 2.58. The molecule has 1 aromatic heterocycles. The van der Waals surface area contributed by atoms with E-state index in [4.69, 9.17) is 11.6 Å². The van der Waals surface area contributed by atoms with Crippen molar-refractivity contribution in [2.24, 2.45) is 0 Å². The van der Waals surface area contributed by atoms with Gasteiger partial charge in [-0.1, -0.05) is 41.9 Å². The first kappa shape index (κ1) is 19.5. The fourth-order valence-corrected chi connectivity index (χ4v) is 2.71. The molecule has 0 unspecified atom stereocenters. The number of carbonyl (C=O) groups excluding carboxylic acids is 2. The lowest BCUT2D eigenvalue weighted by molar-refractivity contribution is 0.0945. The van der Waals surface area contributed by atoms with Crippen LogP contribution in [0.25, 0.3) is 0 Å². The highest BCUT2D eigenvalue weighted by Crippen LogP contribution is 2.19. The van der Waals surface area contributed by atoms with Crippen LogP contribution < -0.4 is 10.6 Å². The zero-order valence-corrected chi connectivity index (χ0v) is 15.8. The number of amides is 2. The lowest BCUT2D eigenvalue weighted by atomic mass is 10.1. The topological polar surface area (TPSA) is 71.1 Å². The van der Waals surface area contributed by atoms with Crippen molar-refractivity contribution in [3.63, 3.8) is 0 Å². The molecule has 142 valence electrons. The second kappa shape index (κ2) is 8.63. The Balaban J connectivity index is 1.68. The molecule has 0 atom stereocenters. The molecule has 0 saturated carbocycles. The average Bonchev–Trinajstić information content (AvgIpc) is 2.70. The van der Waals surface area contributed by atoms with E-state index in [0.29, 0.717) is 12.2 Å². The summed E-state index contributed by atoms with van der Waals surface area (Å²) in [4.78, 5) is 28.9. The Labute approximate surface area is 166 Å². The van der Waals surface area contributed by atoms with Gasteiger partial charge in [0.05, 0.1) is 5.02 Å². The third kappa shape index (κ3) is 4.72. The highest BCUT2D eigenvalue weighted by Gasteiger charge is 2.13. The number of pyridine rings is 1. The molecule has 5 nitrogen and oxygen atoms in total. The highest BCUT2D eigenvalue weighted by molar-refractivity contribution is 6.31. The summed E-state index contributed by atoms with van der Waals surface area (Å²) in [6.07, 6.45) is 0. The van der Waals surface area contributed by atoms with E-state index < -0.39 is 11.7 Å². The minimum absolute atomic E-state index is 0.0592. The SMILES string of the molecule is Cc1ccccc1CNC(=O)c1cccc(C(=O)Nc2ccc(F)c(Cl)c2)n1. The Hall–Kier alpha value is -3.25. The molecule has 0 aliphatic rings. The summed E-state index contributed by atoms with van der Waals surface area (Å²) in [6, 6.07) is 16.1. The van der Waals surface area contributed by atoms with E-state index in [-0.39, 0.29) is 22.3 Å². The summed E-state index contributed by atoms with van der Waals surface area (Å²) < 4.78 is 13.2. The molecule has 0 fully saturated rings. The molecule has 2 N–H and O–H groups in total. The second-order valence-electron chi connectivity index (χ2n) is 6.10. The molecule has 0 spiro atoms. The van der Waals surface area contributed by atoms with Gasteiger partial charge in [0.1, 0.15) is 17.2 Å². The first-order valence-electron chi connectivity index (χ1n) is 8.50. The number of hydrogen-bond donors (Lipinski definition) is 2. The van der Waals surface area contributed by atoms with Crippen LogP contribution >= 0.6 is 11.6 Å². The normalized spacial score (nSPS) is 10.4. The number of anilines is 1. The number of halogens is 2. The van der Waals surface area contributed by atoms with Gasteiger partial charge < -0.3 is 10.6 Å². The van der Waals surface area contributed by atoms with Crippen LogP contribution in [0.5, 0.6) is 0 Å². The van der Waals surface area contributed by atoms with Gasteiger partial charge in [0.15, 0.2) is 0 Å². The standard InChI is InChI=1S/C21H17ClFN3O2/c1-13-5-2-3-6-14(13)12-24-20(27)18-7-4-8-19(26-18)21(28)25-15-9-10-17(23)16(22)11-15/h2-11H,12H2,1H3,(H,24,27)(H,25,28). The van der Waals surface area contributed by atoms with Gasteiger partial charge in [0.2, 0.25) is 0 Å². The zero-order valence-electron chi connectivity index (χ0n) is 15.0. The Morgan fingerprint density at radius 1 is 1.00 bits per heavy atom. The molecule has 0 bridgehead atoms. The van der Waals surface area contributed by atoms with Crippen molar-refractivity contribution in [2.45, 2.75) is 13.5 Å². The van der Waals surface area contributed by atoms with Crippen LogP contribution in [0, 0.1) is 12.7 Å². The third-order valence-corrected chi connectivity index (χ3v) is 4.38. The number of carbonyl (C=O) groups is 2. The van der Waals surface area contributed by atoms with Crippen molar-refractivity contribution >= 4 is 29.1 Å². The van der Waals surface area contributed by atoms with Gasteiger partial charge in [-0.05, 0) is 48.4 Å². The first-order chi connectivity index (χ1) is 13.4. The summed E-state index contributed by atoms with van der Waals surface area (Å²) in [6.45, 7) is 2.32. The Bertz CT molecular complexity index is 1040. The van der Waals surface area contributed by atoms with Crippen molar-refractivity contribution in [2.75, 3.05) is 5.32 Å². The quantitative estimate of drug-likeness (QED) is 0.671. The Morgan fingerprint density at radius 2 is 1.71 bits per heavy atom. The van der Waals surface area contributed by atoms with Gasteiger partial charge in [-0.15, -0.1) is 0 Å². The fourth-order valence-electron chi connectivity index (χ4n) is 2.53. The second-order valence-corrected chi connectivity index (χ2v) is 6.51. The van der Waals surface area contributed by atoms with Crippen LogP contribution in [0.4, 0.5) is 10.1 Å². The van der Waals surface area contributed by atoms with E-state index in [1.54, 1.807) is 6.07 Å². The molecule has 3 rings (SSSR count). The molecular formula is C21H17ClFN3O2. The van der Waals surface area contributed by atoms with Crippen molar-refractivity contribution in [3.05, 3.63) is 94.0 Å². The summed E-state index contributed by atoms with van der Waals surface area (Å²) in [5.74, 6) is -1.50. The van der Waals surface area contributed by atoms with Gasteiger partial charge in [0, 0.05) is 12.2 Å². The van der Waals surface area contributed by atoms with E-state index in [0.717, 1.165) is 17.2 Å². The van der Waals surface area contributed by atoms with Crippen LogP contribution in [-0.2, 0) is 6.54 Å². The minimum atomic E-state index is -0.579. The third-order valence-electron chi connectivity index (χ3n) is 4.09. The van der Waals surface area contributed by atoms with Crippen molar-refractivity contribution in [3.8, 4) is 0 Å². The molecule has 3 aromatic rings. The van der Waals surface area contributed by atoms with Crippen molar-refractivity contribution < 1.29 is 14.0 Å². The van der Waals surface area contributed by atoms with E-state index >= 15 is 0 Å². The van der Waals surface area contributed by atoms with Crippen LogP contribution in [0.15, 0.2) is 60.7 Å². The molecular weight excluding hydrogens is 381 g/mol. The molecule has 0 aliphatic carbocycles. The molecule has 7 heteroatoms. The summed E-state index contributed by atoms with van der Waals surface area (Å²) in [5, 5.41) is 5.27. The van der Waals surface area contributed by atoms with Gasteiger partial charge >= 0.3 is 0 Å². The Morgan fingerprint density at radius 3 is 2.43 bits per heavy atom. The lowest BCUT2D eigenvalue weighted by Gasteiger charge is -2.09. The van der Waals surface area contributed by atoms with Gasteiger partial charge in [-0.25, -0.2) is 9.37 Å². The fraction of sp³-hybridized carbons (Fsp3) is 0.0952. The van der Waals surface area contributed by atoms with Crippen LogP contribution in [-0.4, -0.2) is 16.8 Å². The van der Waals surface area contributed by atoms with Gasteiger partial charge in [0.25, 0.3) is 11.8 Å². The van der Waals surface area contributed by atoms with E-state index in [9.17, 15) is 14.0 Å². The maximum Gasteiger partial charge on any atom is 0.274 e. The smallest absolute Gasteiger partial charge is 0.274 e. The summed E-state index contributed by atoms with van der Waals surface area (Å²) >= 11 is 5.71. The maximum atomic E-state index is 13.2. The number of rotatable bonds is 5. The van der Waals surface area contributed by atoms with E-state index in [2.05, 4.69) is 15.6 Å². The average molecular weight is 398 g/mol. The predicted octanol–water partition coefficient (Wildman–Crippen LogP) is 4.36. The van der Waals surface area contributed by atoms with Gasteiger partial charge in [-0.3, -0.25) is 9.59 Å². The van der Waals surface area contributed by atoms with E-state index in [1.165, 1.54) is 24.3 Å². The largest absolute Gasteiger partial charge is 0.347 e.